The quantitative estimate of drug-likeness (QED) is 0.807. The molecule has 0 atom stereocenters. The summed E-state index contributed by atoms with van der Waals surface area (Å²) in [5.41, 5.74) is 2.63. The van der Waals surface area contributed by atoms with Gasteiger partial charge < -0.3 is 10.1 Å². The highest BCUT2D eigenvalue weighted by Gasteiger charge is 2.13. The van der Waals surface area contributed by atoms with Crippen molar-refractivity contribution in [3.8, 4) is 11.6 Å². The van der Waals surface area contributed by atoms with Gasteiger partial charge in [-0.25, -0.2) is 4.98 Å². The number of fused-ring (bicyclic) bond motifs is 1. The Morgan fingerprint density at radius 3 is 2.74 bits per heavy atom. The van der Waals surface area contributed by atoms with Crippen LogP contribution < -0.4 is 10.1 Å². The molecule has 118 valence electrons. The van der Waals surface area contributed by atoms with Crippen molar-refractivity contribution < 1.29 is 9.53 Å². The van der Waals surface area contributed by atoms with Crippen molar-refractivity contribution in [2.24, 2.45) is 0 Å². The molecule has 23 heavy (non-hydrogen) atoms. The molecule has 0 aliphatic carbocycles. The maximum atomic E-state index is 11.4. The van der Waals surface area contributed by atoms with E-state index in [2.05, 4.69) is 15.4 Å². The molecule has 0 radical (unpaired) electrons. The molecule has 6 heteroatoms. The Hall–Kier alpha value is -2.89. The van der Waals surface area contributed by atoms with E-state index in [1.807, 2.05) is 44.2 Å². The molecule has 0 saturated carbocycles. The van der Waals surface area contributed by atoms with E-state index in [-0.39, 0.29) is 5.91 Å². The van der Waals surface area contributed by atoms with E-state index >= 15 is 0 Å². The Kier molecular flexibility index (Phi) is 3.73. The highest BCUT2D eigenvalue weighted by Crippen LogP contribution is 2.28. The Morgan fingerprint density at radius 1 is 1.26 bits per heavy atom. The summed E-state index contributed by atoms with van der Waals surface area (Å²) >= 11 is 0. The van der Waals surface area contributed by atoms with Crippen LogP contribution in [0, 0.1) is 13.8 Å². The molecule has 1 amide bonds. The van der Waals surface area contributed by atoms with Gasteiger partial charge in [0.2, 0.25) is 5.91 Å². The van der Waals surface area contributed by atoms with Gasteiger partial charge in [-0.1, -0.05) is 12.1 Å². The molecule has 0 spiro atoms. The first-order valence-corrected chi connectivity index (χ1v) is 7.28. The fourth-order valence-electron chi connectivity index (χ4n) is 2.59. The van der Waals surface area contributed by atoms with Crippen LogP contribution in [0.4, 0.5) is 5.82 Å². The number of carbonyl (C=O) groups excluding carboxylic acids is 1. The maximum Gasteiger partial charge on any atom is 0.222 e. The molecule has 0 aliphatic heterocycles. The predicted molar refractivity (Wildman–Crippen MR) is 89.2 cm³/mol. The number of aryl methyl sites for hydroxylation is 2. The normalized spacial score (nSPS) is 10.8. The number of rotatable bonds is 3. The molecule has 2 aromatic heterocycles. The molecule has 0 aliphatic rings. The van der Waals surface area contributed by atoms with Gasteiger partial charge in [0.15, 0.2) is 5.82 Å². The van der Waals surface area contributed by atoms with Gasteiger partial charge in [-0.05, 0) is 31.5 Å². The van der Waals surface area contributed by atoms with E-state index in [1.165, 1.54) is 6.92 Å². The predicted octanol–water partition coefficient (Wildman–Crippen LogP) is 3.00. The van der Waals surface area contributed by atoms with Crippen LogP contribution >= 0.6 is 0 Å². The number of aromatic nitrogens is 3. The molecule has 3 aromatic rings. The van der Waals surface area contributed by atoms with Gasteiger partial charge >= 0.3 is 0 Å². The van der Waals surface area contributed by atoms with Crippen LogP contribution in [0.3, 0.4) is 0 Å². The van der Waals surface area contributed by atoms with Crippen LogP contribution in [0.5, 0.6) is 5.75 Å². The van der Waals surface area contributed by atoms with Crippen LogP contribution in [-0.4, -0.2) is 27.8 Å². The van der Waals surface area contributed by atoms with Crippen molar-refractivity contribution in [1.82, 2.24) is 14.8 Å². The number of nitrogens with one attached hydrogen (secondary N) is 1. The van der Waals surface area contributed by atoms with Crippen LogP contribution in [0.2, 0.25) is 0 Å². The Labute approximate surface area is 134 Å². The zero-order valence-electron chi connectivity index (χ0n) is 13.5. The monoisotopic (exact) mass is 310 g/mol. The summed E-state index contributed by atoms with van der Waals surface area (Å²) in [6.07, 6.45) is 0. The standard InChI is InChI=1S/C17H18N4O2/c1-10-8-15(19-17-13(10)6-5-7-14(17)23-4)21-16(18-12(3)22)9-11(2)20-21/h5-9H,1-4H3,(H,18,22). The Morgan fingerprint density at radius 2 is 2.04 bits per heavy atom. The van der Waals surface area contributed by atoms with E-state index in [0.29, 0.717) is 17.4 Å². The van der Waals surface area contributed by atoms with E-state index in [0.717, 1.165) is 22.2 Å². The molecule has 0 fully saturated rings. The highest BCUT2D eigenvalue weighted by atomic mass is 16.5. The minimum atomic E-state index is -0.152. The summed E-state index contributed by atoms with van der Waals surface area (Å²) in [5, 5.41) is 8.24. The topological polar surface area (TPSA) is 69.0 Å². The fourth-order valence-corrected chi connectivity index (χ4v) is 2.59. The average molecular weight is 310 g/mol. The van der Waals surface area contributed by atoms with Crippen molar-refractivity contribution in [3.63, 3.8) is 0 Å². The lowest BCUT2D eigenvalue weighted by molar-refractivity contribution is -0.114. The summed E-state index contributed by atoms with van der Waals surface area (Å²) < 4.78 is 7.05. The van der Waals surface area contributed by atoms with Gasteiger partial charge in [0.1, 0.15) is 17.1 Å². The lowest BCUT2D eigenvalue weighted by Crippen LogP contribution is -2.12. The SMILES string of the molecule is COc1cccc2c(C)cc(-n3nc(C)cc3NC(C)=O)nc12. The number of carbonyl (C=O) groups is 1. The third kappa shape index (κ3) is 2.75. The summed E-state index contributed by atoms with van der Waals surface area (Å²) in [5.74, 6) is 1.78. The summed E-state index contributed by atoms with van der Waals surface area (Å²) in [4.78, 5) is 16.1. The first kappa shape index (κ1) is 15.0. The number of amides is 1. The number of benzene rings is 1. The number of anilines is 1. The lowest BCUT2D eigenvalue weighted by atomic mass is 10.1. The van der Waals surface area contributed by atoms with Gasteiger partial charge in [0.25, 0.3) is 0 Å². The van der Waals surface area contributed by atoms with E-state index in [1.54, 1.807) is 11.8 Å². The van der Waals surface area contributed by atoms with Crippen LogP contribution in [0.1, 0.15) is 18.2 Å². The van der Waals surface area contributed by atoms with E-state index in [9.17, 15) is 4.79 Å². The first-order valence-electron chi connectivity index (χ1n) is 7.28. The molecule has 0 saturated heterocycles. The smallest absolute Gasteiger partial charge is 0.222 e. The van der Waals surface area contributed by atoms with E-state index in [4.69, 9.17) is 4.74 Å². The van der Waals surface area contributed by atoms with E-state index < -0.39 is 0 Å². The van der Waals surface area contributed by atoms with Crippen molar-refractivity contribution >= 4 is 22.6 Å². The third-order valence-electron chi connectivity index (χ3n) is 3.57. The minimum Gasteiger partial charge on any atom is -0.494 e. The number of para-hydroxylation sites is 1. The van der Waals surface area contributed by atoms with Crippen LogP contribution in [0.25, 0.3) is 16.7 Å². The number of ether oxygens (including phenoxy) is 1. The fraction of sp³-hybridized carbons (Fsp3) is 0.235. The Balaban J connectivity index is 2.23. The number of hydrogen-bond donors (Lipinski definition) is 1. The number of methoxy groups -OCH3 is 1. The molecule has 6 nitrogen and oxygen atoms in total. The van der Waals surface area contributed by atoms with Gasteiger partial charge in [0.05, 0.1) is 12.8 Å². The lowest BCUT2D eigenvalue weighted by Gasteiger charge is -2.11. The maximum absolute atomic E-state index is 11.4. The van der Waals surface area contributed by atoms with Gasteiger partial charge in [-0.3, -0.25) is 4.79 Å². The Bertz CT molecular complexity index is 899. The minimum absolute atomic E-state index is 0.152. The molecule has 2 heterocycles. The second-order valence-corrected chi connectivity index (χ2v) is 5.42. The van der Waals surface area contributed by atoms with Crippen molar-refractivity contribution in [1.29, 1.82) is 0 Å². The van der Waals surface area contributed by atoms with Crippen LogP contribution in [0.15, 0.2) is 30.3 Å². The second-order valence-electron chi connectivity index (χ2n) is 5.42. The molecule has 0 bridgehead atoms. The molecule has 1 aromatic carbocycles. The van der Waals surface area contributed by atoms with Gasteiger partial charge in [-0.15, -0.1) is 0 Å². The zero-order chi connectivity index (χ0) is 16.6. The average Bonchev–Trinajstić information content (AvgIpc) is 2.86. The summed E-state index contributed by atoms with van der Waals surface area (Å²) in [7, 11) is 1.62. The first-order chi connectivity index (χ1) is 11.0. The van der Waals surface area contributed by atoms with Crippen molar-refractivity contribution in [2.75, 3.05) is 12.4 Å². The van der Waals surface area contributed by atoms with Gasteiger partial charge in [-0.2, -0.15) is 9.78 Å². The largest absolute Gasteiger partial charge is 0.494 e. The highest BCUT2D eigenvalue weighted by molar-refractivity contribution is 5.89. The molecular weight excluding hydrogens is 292 g/mol. The summed E-state index contributed by atoms with van der Waals surface area (Å²) in [6.45, 7) is 5.35. The number of pyridine rings is 1. The number of nitrogens with zero attached hydrogens (tertiary/aromatic N) is 3. The van der Waals surface area contributed by atoms with Crippen molar-refractivity contribution in [2.45, 2.75) is 20.8 Å². The molecule has 0 unspecified atom stereocenters. The van der Waals surface area contributed by atoms with Crippen LogP contribution in [-0.2, 0) is 4.79 Å². The molecule has 1 N–H and O–H groups in total. The zero-order valence-corrected chi connectivity index (χ0v) is 13.5. The van der Waals surface area contributed by atoms with Crippen molar-refractivity contribution in [3.05, 3.63) is 41.6 Å². The number of hydrogen-bond acceptors (Lipinski definition) is 4. The molecule has 3 rings (SSSR count). The second kappa shape index (κ2) is 5.72. The van der Waals surface area contributed by atoms with Gasteiger partial charge in [0, 0.05) is 18.4 Å². The summed E-state index contributed by atoms with van der Waals surface area (Å²) in [6, 6.07) is 9.58. The molecular formula is C17H18N4O2. The third-order valence-corrected chi connectivity index (χ3v) is 3.57.